The average Bonchev–Trinajstić information content (AvgIpc) is 2.17. The summed E-state index contributed by atoms with van der Waals surface area (Å²) in [6, 6.07) is 7.01. The first-order chi connectivity index (χ1) is 6.70. The number of rotatable bonds is 1. The second-order valence-corrected chi connectivity index (χ2v) is 2.91. The number of nitrogens with two attached hydrogens (primary N) is 1. The molecule has 1 aromatic carbocycles. The highest BCUT2D eigenvalue weighted by Gasteiger charge is 2.12. The van der Waals surface area contributed by atoms with Crippen LogP contribution in [0.4, 0.5) is 5.69 Å². The number of hydrogen-bond donors (Lipinski definition) is 2. The van der Waals surface area contributed by atoms with Crippen LogP contribution in [0.3, 0.4) is 0 Å². The van der Waals surface area contributed by atoms with Gasteiger partial charge in [-0.25, -0.2) is 4.79 Å². The average molecular weight is 188 g/mol. The number of pyridine rings is 1. The van der Waals surface area contributed by atoms with Crippen LogP contribution in [0, 0.1) is 0 Å². The second kappa shape index (κ2) is 2.99. The van der Waals surface area contributed by atoms with Crippen LogP contribution in [-0.4, -0.2) is 16.1 Å². The molecule has 1 heterocycles. The fraction of sp³-hybridized carbons (Fsp3) is 0. The van der Waals surface area contributed by atoms with Crippen LogP contribution in [0.25, 0.3) is 10.9 Å². The molecular formula is C10H8N2O2. The Labute approximate surface area is 80.0 Å². The molecule has 0 saturated carbocycles. The van der Waals surface area contributed by atoms with Crippen LogP contribution >= 0.6 is 0 Å². The van der Waals surface area contributed by atoms with E-state index in [1.807, 2.05) is 0 Å². The van der Waals surface area contributed by atoms with Gasteiger partial charge in [-0.2, -0.15) is 0 Å². The van der Waals surface area contributed by atoms with Gasteiger partial charge in [0.25, 0.3) is 0 Å². The monoisotopic (exact) mass is 188 g/mol. The van der Waals surface area contributed by atoms with Gasteiger partial charge in [0.2, 0.25) is 0 Å². The third kappa shape index (κ3) is 1.17. The van der Waals surface area contributed by atoms with Crippen molar-refractivity contribution < 1.29 is 9.90 Å². The van der Waals surface area contributed by atoms with E-state index in [0.29, 0.717) is 10.9 Å². The Morgan fingerprint density at radius 1 is 1.36 bits per heavy atom. The van der Waals surface area contributed by atoms with E-state index in [2.05, 4.69) is 4.98 Å². The molecule has 0 aliphatic rings. The molecule has 0 spiro atoms. The number of para-hydroxylation sites is 1. The van der Waals surface area contributed by atoms with Gasteiger partial charge in [0.1, 0.15) is 0 Å². The van der Waals surface area contributed by atoms with Crippen LogP contribution in [0.5, 0.6) is 0 Å². The van der Waals surface area contributed by atoms with Gasteiger partial charge < -0.3 is 10.8 Å². The number of benzene rings is 1. The molecule has 2 aromatic rings. The Morgan fingerprint density at radius 2 is 2.07 bits per heavy atom. The first kappa shape index (κ1) is 8.50. The van der Waals surface area contributed by atoms with Gasteiger partial charge in [0.15, 0.2) is 0 Å². The number of anilines is 1. The first-order valence-electron chi connectivity index (χ1n) is 4.06. The Hall–Kier alpha value is -2.10. The Balaban J connectivity index is 2.90. The molecular weight excluding hydrogens is 180 g/mol. The van der Waals surface area contributed by atoms with Gasteiger partial charge in [-0.1, -0.05) is 18.2 Å². The third-order valence-corrected chi connectivity index (χ3v) is 2.02. The molecule has 4 heteroatoms. The van der Waals surface area contributed by atoms with Crippen LogP contribution in [0.1, 0.15) is 10.4 Å². The van der Waals surface area contributed by atoms with E-state index in [1.54, 1.807) is 24.3 Å². The zero-order chi connectivity index (χ0) is 10.1. The Bertz CT molecular complexity index is 508. The molecule has 1 aromatic heterocycles. The molecule has 0 saturated heterocycles. The summed E-state index contributed by atoms with van der Waals surface area (Å²) in [6.07, 6.45) is 1.37. The van der Waals surface area contributed by atoms with Crippen LogP contribution < -0.4 is 5.73 Å². The summed E-state index contributed by atoms with van der Waals surface area (Å²) in [7, 11) is 0. The maximum absolute atomic E-state index is 10.9. The molecule has 0 unspecified atom stereocenters. The normalized spacial score (nSPS) is 10.3. The van der Waals surface area contributed by atoms with Crippen LogP contribution in [0.15, 0.2) is 30.5 Å². The maximum atomic E-state index is 10.9. The largest absolute Gasteiger partial charge is 0.478 e. The summed E-state index contributed by atoms with van der Waals surface area (Å²) < 4.78 is 0. The van der Waals surface area contributed by atoms with E-state index < -0.39 is 5.97 Å². The number of carboxylic acids is 1. The summed E-state index contributed by atoms with van der Waals surface area (Å²) in [6.45, 7) is 0. The lowest BCUT2D eigenvalue weighted by atomic mass is 10.1. The summed E-state index contributed by atoms with van der Waals surface area (Å²) in [5.41, 5.74) is 6.49. The number of fused-ring (bicyclic) bond motifs is 1. The minimum absolute atomic E-state index is 0.121. The van der Waals surface area contributed by atoms with Gasteiger partial charge in [0.05, 0.1) is 23.0 Å². The lowest BCUT2D eigenvalue weighted by Gasteiger charge is -2.04. The molecule has 4 nitrogen and oxygen atoms in total. The molecule has 0 aliphatic heterocycles. The van der Waals surface area contributed by atoms with E-state index in [-0.39, 0.29) is 11.3 Å². The van der Waals surface area contributed by atoms with Crippen molar-refractivity contribution in [2.24, 2.45) is 0 Å². The number of carbonyl (C=O) groups is 1. The quantitative estimate of drug-likeness (QED) is 0.711. The third-order valence-electron chi connectivity index (χ3n) is 2.02. The molecule has 0 bridgehead atoms. The van der Waals surface area contributed by atoms with Gasteiger partial charge in [-0.05, 0) is 6.07 Å². The number of carboxylic acid groups (broad SMARTS) is 1. The van der Waals surface area contributed by atoms with Crippen molar-refractivity contribution in [2.45, 2.75) is 0 Å². The van der Waals surface area contributed by atoms with E-state index in [9.17, 15) is 4.79 Å². The summed E-state index contributed by atoms with van der Waals surface area (Å²) >= 11 is 0. The number of aromatic nitrogens is 1. The summed E-state index contributed by atoms with van der Waals surface area (Å²) in [5, 5.41) is 9.53. The van der Waals surface area contributed by atoms with Crippen molar-refractivity contribution in [1.82, 2.24) is 4.98 Å². The first-order valence-corrected chi connectivity index (χ1v) is 4.06. The fourth-order valence-electron chi connectivity index (χ4n) is 1.40. The predicted octanol–water partition coefficient (Wildman–Crippen LogP) is 1.52. The SMILES string of the molecule is Nc1cnc2ccccc2c1C(=O)O. The molecule has 0 fully saturated rings. The van der Waals surface area contributed by atoms with Crippen molar-refractivity contribution in [3.63, 3.8) is 0 Å². The molecule has 0 radical (unpaired) electrons. The van der Waals surface area contributed by atoms with E-state index in [0.717, 1.165) is 0 Å². The number of aromatic carboxylic acids is 1. The smallest absolute Gasteiger partial charge is 0.338 e. The lowest BCUT2D eigenvalue weighted by molar-refractivity contribution is 0.0700. The van der Waals surface area contributed by atoms with Crippen LogP contribution in [0.2, 0.25) is 0 Å². The molecule has 2 rings (SSSR count). The molecule has 14 heavy (non-hydrogen) atoms. The molecule has 0 atom stereocenters. The van der Waals surface area contributed by atoms with E-state index in [1.165, 1.54) is 6.20 Å². The molecule has 3 N–H and O–H groups in total. The highest BCUT2D eigenvalue weighted by molar-refractivity contribution is 6.06. The van der Waals surface area contributed by atoms with Gasteiger partial charge in [0, 0.05) is 5.39 Å². The topological polar surface area (TPSA) is 76.2 Å². The number of hydrogen-bond acceptors (Lipinski definition) is 3. The van der Waals surface area contributed by atoms with Crippen molar-refractivity contribution in [3.8, 4) is 0 Å². The maximum Gasteiger partial charge on any atom is 0.338 e. The Kier molecular flexibility index (Phi) is 1.81. The van der Waals surface area contributed by atoms with E-state index >= 15 is 0 Å². The highest BCUT2D eigenvalue weighted by Crippen LogP contribution is 2.21. The minimum Gasteiger partial charge on any atom is -0.478 e. The fourth-order valence-corrected chi connectivity index (χ4v) is 1.40. The van der Waals surface area contributed by atoms with Gasteiger partial charge in [-0.3, -0.25) is 4.98 Å². The van der Waals surface area contributed by atoms with Crippen molar-refractivity contribution in [1.29, 1.82) is 0 Å². The lowest BCUT2D eigenvalue weighted by Crippen LogP contribution is -2.04. The zero-order valence-corrected chi connectivity index (χ0v) is 7.27. The highest BCUT2D eigenvalue weighted by atomic mass is 16.4. The summed E-state index contributed by atoms with van der Waals surface area (Å²) in [4.78, 5) is 15.0. The molecule has 70 valence electrons. The Morgan fingerprint density at radius 3 is 2.79 bits per heavy atom. The zero-order valence-electron chi connectivity index (χ0n) is 7.27. The standard InChI is InChI=1S/C10H8N2O2/c11-7-5-12-8-4-2-1-3-6(8)9(7)10(13)14/h1-5H,11H2,(H,13,14). The van der Waals surface area contributed by atoms with Crippen LogP contribution in [-0.2, 0) is 0 Å². The number of nitrogens with zero attached hydrogens (tertiary/aromatic N) is 1. The molecule has 0 amide bonds. The van der Waals surface area contributed by atoms with Crippen molar-refractivity contribution in [3.05, 3.63) is 36.0 Å². The van der Waals surface area contributed by atoms with Crippen molar-refractivity contribution in [2.75, 3.05) is 5.73 Å². The number of nitrogen functional groups attached to an aromatic ring is 1. The van der Waals surface area contributed by atoms with Gasteiger partial charge in [-0.15, -0.1) is 0 Å². The van der Waals surface area contributed by atoms with E-state index in [4.69, 9.17) is 10.8 Å². The van der Waals surface area contributed by atoms with Gasteiger partial charge >= 0.3 is 5.97 Å². The second-order valence-electron chi connectivity index (χ2n) is 2.91. The summed E-state index contributed by atoms with van der Waals surface area (Å²) in [5.74, 6) is -1.03. The predicted molar refractivity (Wildman–Crippen MR) is 53.1 cm³/mol. The molecule has 0 aliphatic carbocycles. The minimum atomic E-state index is -1.03. The van der Waals surface area contributed by atoms with Crippen molar-refractivity contribution >= 4 is 22.6 Å².